The van der Waals surface area contributed by atoms with Crippen LogP contribution in [0.15, 0.2) is 60.7 Å². The number of nitrogens with zero attached hydrogens (tertiary/aromatic N) is 2. The maximum absolute atomic E-state index is 12.4. The molecule has 132 valence electrons. The van der Waals surface area contributed by atoms with E-state index in [2.05, 4.69) is 20.6 Å². The molecule has 0 spiro atoms. The molecule has 0 radical (unpaired) electrons. The summed E-state index contributed by atoms with van der Waals surface area (Å²) in [7, 11) is 0. The van der Waals surface area contributed by atoms with Crippen LogP contribution >= 0.6 is 11.6 Å². The first-order chi connectivity index (χ1) is 12.7. The van der Waals surface area contributed by atoms with Gasteiger partial charge in [0.05, 0.1) is 0 Å². The van der Waals surface area contributed by atoms with E-state index in [1.54, 1.807) is 18.2 Å². The van der Waals surface area contributed by atoms with Gasteiger partial charge in [-0.15, -0.1) is 0 Å². The van der Waals surface area contributed by atoms with Gasteiger partial charge in [0.2, 0.25) is 0 Å². The molecule has 0 unspecified atom stereocenters. The molecule has 5 nitrogen and oxygen atoms in total. The van der Waals surface area contributed by atoms with Gasteiger partial charge >= 0.3 is 0 Å². The maximum atomic E-state index is 12.4. The van der Waals surface area contributed by atoms with Crippen molar-refractivity contribution in [3.8, 4) is 11.4 Å². The lowest BCUT2D eigenvalue weighted by Crippen LogP contribution is -2.25. The minimum absolute atomic E-state index is 0.217. The Kier molecular flexibility index (Phi) is 5.81. The predicted molar refractivity (Wildman–Crippen MR) is 105 cm³/mol. The summed E-state index contributed by atoms with van der Waals surface area (Å²) in [6, 6.07) is 18.5. The summed E-state index contributed by atoms with van der Waals surface area (Å²) in [6.07, 6.45) is 0.859. The predicted octanol–water partition coefficient (Wildman–Crippen LogP) is 4.68. The Labute approximate surface area is 157 Å². The molecule has 6 heteroatoms. The number of carbonyl (C=O) groups excluding carboxylic acids is 1. The van der Waals surface area contributed by atoms with E-state index in [0.717, 1.165) is 17.7 Å². The number of hydrogen-bond acceptors (Lipinski definition) is 4. The van der Waals surface area contributed by atoms with Crippen molar-refractivity contribution in [2.24, 2.45) is 0 Å². The van der Waals surface area contributed by atoms with Gasteiger partial charge in [-0.1, -0.05) is 48.9 Å². The molecule has 0 aliphatic heterocycles. The summed E-state index contributed by atoms with van der Waals surface area (Å²) in [4.78, 5) is 21.4. The standard InChI is InChI=1S/C20H19ClN4O/c1-2-12-22-20(26)17-13-18(23-16-10-8-15(21)9-11-16)25-19(24-17)14-6-4-3-5-7-14/h3-11,13H,2,12H2,1H3,(H,22,26)(H,23,24,25). The Balaban J connectivity index is 1.96. The maximum Gasteiger partial charge on any atom is 0.270 e. The van der Waals surface area contributed by atoms with Gasteiger partial charge in [-0.2, -0.15) is 0 Å². The molecule has 0 aliphatic carbocycles. The van der Waals surface area contributed by atoms with Crippen molar-refractivity contribution in [1.82, 2.24) is 15.3 Å². The van der Waals surface area contributed by atoms with Crippen LogP contribution in [0.2, 0.25) is 5.02 Å². The summed E-state index contributed by atoms with van der Waals surface area (Å²) in [6.45, 7) is 2.60. The highest BCUT2D eigenvalue weighted by Crippen LogP contribution is 2.22. The molecule has 26 heavy (non-hydrogen) atoms. The highest BCUT2D eigenvalue weighted by atomic mass is 35.5. The van der Waals surface area contributed by atoms with Crippen molar-refractivity contribution in [3.05, 3.63) is 71.4 Å². The molecule has 0 bridgehead atoms. The van der Waals surface area contributed by atoms with Gasteiger partial charge in [0, 0.05) is 28.9 Å². The van der Waals surface area contributed by atoms with Crippen LogP contribution in [0.1, 0.15) is 23.8 Å². The van der Waals surface area contributed by atoms with Gasteiger partial charge in [0.15, 0.2) is 5.82 Å². The number of carbonyl (C=O) groups is 1. The first kappa shape index (κ1) is 17.9. The Bertz CT molecular complexity index is 882. The molecular formula is C20H19ClN4O. The number of anilines is 2. The number of rotatable bonds is 6. The smallest absolute Gasteiger partial charge is 0.270 e. The van der Waals surface area contributed by atoms with Crippen molar-refractivity contribution in [1.29, 1.82) is 0 Å². The molecule has 1 heterocycles. The Morgan fingerprint density at radius 2 is 1.77 bits per heavy atom. The lowest BCUT2D eigenvalue weighted by molar-refractivity contribution is 0.0948. The number of amides is 1. The Morgan fingerprint density at radius 1 is 1.04 bits per heavy atom. The second-order valence-corrected chi connectivity index (χ2v) is 6.15. The van der Waals surface area contributed by atoms with E-state index >= 15 is 0 Å². The fourth-order valence-corrected chi connectivity index (χ4v) is 2.48. The normalized spacial score (nSPS) is 10.4. The SMILES string of the molecule is CCCNC(=O)c1cc(Nc2ccc(Cl)cc2)nc(-c2ccccc2)n1. The van der Waals surface area contributed by atoms with E-state index in [1.807, 2.05) is 49.4 Å². The van der Waals surface area contributed by atoms with Gasteiger partial charge in [0.1, 0.15) is 11.5 Å². The van der Waals surface area contributed by atoms with Crippen LogP contribution in [0.3, 0.4) is 0 Å². The van der Waals surface area contributed by atoms with Crippen LogP contribution < -0.4 is 10.6 Å². The zero-order chi connectivity index (χ0) is 18.4. The van der Waals surface area contributed by atoms with Crippen LogP contribution in [0, 0.1) is 0 Å². The molecule has 1 aromatic heterocycles. The highest BCUT2D eigenvalue weighted by Gasteiger charge is 2.13. The van der Waals surface area contributed by atoms with Crippen molar-refractivity contribution in [3.63, 3.8) is 0 Å². The number of aromatic nitrogens is 2. The molecule has 2 N–H and O–H groups in total. The second kappa shape index (κ2) is 8.45. The molecule has 3 rings (SSSR count). The highest BCUT2D eigenvalue weighted by molar-refractivity contribution is 6.30. The largest absolute Gasteiger partial charge is 0.351 e. The summed E-state index contributed by atoms with van der Waals surface area (Å²) in [5.74, 6) is 0.819. The minimum Gasteiger partial charge on any atom is -0.351 e. The number of halogens is 1. The molecule has 0 atom stereocenters. The van der Waals surface area contributed by atoms with Gasteiger partial charge in [-0.3, -0.25) is 4.79 Å². The first-order valence-corrected chi connectivity index (χ1v) is 8.79. The lowest BCUT2D eigenvalue weighted by Gasteiger charge is -2.10. The zero-order valence-corrected chi connectivity index (χ0v) is 15.1. The summed E-state index contributed by atoms with van der Waals surface area (Å²) < 4.78 is 0. The topological polar surface area (TPSA) is 66.9 Å². The average Bonchev–Trinajstić information content (AvgIpc) is 2.68. The molecule has 0 fully saturated rings. The van der Waals surface area contributed by atoms with Crippen LogP contribution in [0.4, 0.5) is 11.5 Å². The van der Waals surface area contributed by atoms with Crippen molar-refractivity contribution >= 4 is 29.0 Å². The van der Waals surface area contributed by atoms with E-state index < -0.39 is 0 Å². The summed E-state index contributed by atoms with van der Waals surface area (Å²) in [5, 5.41) is 6.71. The molecule has 0 aliphatic rings. The van der Waals surface area contributed by atoms with Crippen LogP contribution in [0.25, 0.3) is 11.4 Å². The average molecular weight is 367 g/mol. The van der Waals surface area contributed by atoms with E-state index in [1.165, 1.54) is 0 Å². The van der Waals surface area contributed by atoms with Gasteiger partial charge < -0.3 is 10.6 Å². The number of nitrogens with one attached hydrogen (secondary N) is 2. The molecule has 0 saturated carbocycles. The fourth-order valence-electron chi connectivity index (χ4n) is 2.35. The van der Waals surface area contributed by atoms with Crippen molar-refractivity contribution < 1.29 is 4.79 Å². The molecule has 1 amide bonds. The third kappa shape index (κ3) is 4.58. The quantitative estimate of drug-likeness (QED) is 0.664. The second-order valence-electron chi connectivity index (χ2n) is 5.72. The summed E-state index contributed by atoms with van der Waals surface area (Å²) >= 11 is 5.93. The monoisotopic (exact) mass is 366 g/mol. The van der Waals surface area contributed by atoms with Crippen LogP contribution in [-0.2, 0) is 0 Å². The third-order valence-corrected chi connectivity index (χ3v) is 3.89. The number of benzene rings is 2. The molecule has 3 aromatic rings. The van der Waals surface area contributed by atoms with E-state index in [9.17, 15) is 4.79 Å². The van der Waals surface area contributed by atoms with Crippen LogP contribution in [-0.4, -0.2) is 22.4 Å². The van der Waals surface area contributed by atoms with Crippen molar-refractivity contribution in [2.75, 3.05) is 11.9 Å². The first-order valence-electron chi connectivity index (χ1n) is 8.41. The van der Waals surface area contributed by atoms with E-state index in [0.29, 0.717) is 28.9 Å². The van der Waals surface area contributed by atoms with Crippen molar-refractivity contribution in [2.45, 2.75) is 13.3 Å². The third-order valence-electron chi connectivity index (χ3n) is 3.64. The summed E-state index contributed by atoms with van der Waals surface area (Å²) in [5.41, 5.74) is 1.99. The minimum atomic E-state index is -0.217. The van der Waals surface area contributed by atoms with Gasteiger partial charge in [-0.25, -0.2) is 9.97 Å². The molecule has 0 saturated heterocycles. The molecular weight excluding hydrogens is 348 g/mol. The number of hydrogen-bond donors (Lipinski definition) is 2. The van der Waals surface area contributed by atoms with E-state index in [4.69, 9.17) is 11.6 Å². The van der Waals surface area contributed by atoms with Gasteiger partial charge in [0.25, 0.3) is 5.91 Å². The van der Waals surface area contributed by atoms with E-state index in [-0.39, 0.29) is 5.91 Å². The van der Waals surface area contributed by atoms with Crippen LogP contribution in [0.5, 0.6) is 0 Å². The molecule has 2 aromatic carbocycles. The fraction of sp³-hybridized carbons (Fsp3) is 0.150. The van der Waals surface area contributed by atoms with Gasteiger partial charge in [-0.05, 0) is 30.7 Å². The zero-order valence-electron chi connectivity index (χ0n) is 14.4. The Hall–Kier alpha value is -2.92. The lowest BCUT2D eigenvalue weighted by atomic mass is 10.2. The Morgan fingerprint density at radius 3 is 2.46 bits per heavy atom.